The predicted octanol–water partition coefficient (Wildman–Crippen LogP) is -0.382. The van der Waals surface area contributed by atoms with Gasteiger partial charge in [-0.05, 0) is 18.6 Å². The highest BCUT2D eigenvalue weighted by Gasteiger charge is 2.36. The van der Waals surface area contributed by atoms with Crippen LogP contribution in [0.25, 0.3) is 11.0 Å². The molecule has 160 valence electrons. The molecule has 2 aromatic heterocycles. The van der Waals surface area contributed by atoms with Gasteiger partial charge in [0.05, 0.1) is 30.3 Å². The molecule has 0 aliphatic carbocycles. The highest BCUT2D eigenvalue weighted by molar-refractivity contribution is 6.28. The summed E-state index contributed by atoms with van der Waals surface area (Å²) in [7, 11) is 1.49. The van der Waals surface area contributed by atoms with Gasteiger partial charge >= 0.3 is 11.9 Å². The third-order valence-electron chi connectivity index (χ3n) is 5.01. The first-order chi connectivity index (χ1) is 14.3. The minimum atomic E-state index is -1.70. The fourth-order valence-corrected chi connectivity index (χ4v) is 3.54. The summed E-state index contributed by atoms with van der Waals surface area (Å²) in [5.41, 5.74) is 7.07. The van der Waals surface area contributed by atoms with Gasteiger partial charge in [0.25, 0.3) is 0 Å². The first kappa shape index (κ1) is 21.4. The summed E-state index contributed by atoms with van der Waals surface area (Å²) in [6.45, 7) is 0.354. The average Bonchev–Trinajstić information content (AvgIpc) is 2.73. The van der Waals surface area contributed by atoms with Gasteiger partial charge in [0.15, 0.2) is 0 Å². The maximum absolute atomic E-state index is 11.9. The van der Waals surface area contributed by atoms with E-state index >= 15 is 0 Å². The van der Waals surface area contributed by atoms with Crippen molar-refractivity contribution in [1.82, 2.24) is 14.9 Å². The number of rotatable bonds is 6. The minimum Gasteiger partial charge on any atom is -0.481 e. The van der Waals surface area contributed by atoms with Crippen molar-refractivity contribution in [2.75, 3.05) is 20.2 Å². The number of ether oxygens (including phenoxy) is 2. The van der Waals surface area contributed by atoms with Crippen molar-refractivity contribution in [2.45, 2.75) is 31.1 Å². The molecule has 4 N–H and O–H groups in total. The number of fused-ring (bicyclic) bond motifs is 1. The van der Waals surface area contributed by atoms with Crippen molar-refractivity contribution >= 4 is 28.9 Å². The SMILES string of the molecule is COc1ccc2nccc([C@@H](O)CN3CCC(OC(=O)C(=O)O)CC3C(N)=O)c2n1. The Bertz CT molecular complexity index is 967. The number of primary amides is 1. The molecule has 30 heavy (non-hydrogen) atoms. The third kappa shape index (κ3) is 4.63. The first-order valence-corrected chi connectivity index (χ1v) is 9.25. The standard InChI is InChI=1S/C19H22N4O7/c1-29-15-3-2-12-16(22-15)11(4-6-21-12)14(24)9-23-7-5-10(8-13(23)17(20)25)30-19(28)18(26)27/h2-4,6,10,13-14,24H,5,7-9H2,1H3,(H2,20,25)(H,26,27)/t10?,13?,14-/m0/s1. The lowest BCUT2D eigenvalue weighted by molar-refractivity contribution is -0.170. The van der Waals surface area contributed by atoms with Gasteiger partial charge in [-0.25, -0.2) is 14.6 Å². The Morgan fingerprint density at radius 2 is 2.10 bits per heavy atom. The van der Waals surface area contributed by atoms with Crippen LogP contribution >= 0.6 is 0 Å². The maximum atomic E-state index is 11.9. The molecule has 2 unspecified atom stereocenters. The molecule has 1 aliphatic heterocycles. The van der Waals surface area contributed by atoms with Crippen molar-refractivity contribution in [3.63, 3.8) is 0 Å². The maximum Gasteiger partial charge on any atom is 0.417 e. The zero-order valence-electron chi connectivity index (χ0n) is 16.2. The van der Waals surface area contributed by atoms with Gasteiger partial charge in [-0.3, -0.25) is 14.7 Å². The first-order valence-electron chi connectivity index (χ1n) is 9.25. The Balaban J connectivity index is 1.77. The molecule has 0 saturated carbocycles. The zero-order valence-corrected chi connectivity index (χ0v) is 16.2. The van der Waals surface area contributed by atoms with Crippen LogP contribution < -0.4 is 10.5 Å². The molecule has 3 rings (SSSR count). The van der Waals surface area contributed by atoms with Crippen molar-refractivity contribution < 1.29 is 34.1 Å². The van der Waals surface area contributed by atoms with Crippen LogP contribution in [0, 0.1) is 0 Å². The normalized spacial score (nSPS) is 20.5. The van der Waals surface area contributed by atoms with E-state index in [0.29, 0.717) is 28.9 Å². The van der Waals surface area contributed by atoms with E-state index in [9.17, 15) is 19.5 Å². The Labute approximate surface area is 171 Å². The number of esters is 1. The van der Waals surface area contributed by atoms with Crippen molar-refractivity contribution in [3.05, 3.63) is 30.0 Å². The summed E-state index contributed by atoms with van der Waals surface area (Å²) in [5, 5.41) is 19.5. The Morgan fingerprint density at radius 1 is 1.33 bits per heavy atom. The molecule has 0 radical (unpaired) electrons. The second-order valence-corrected chi connectivity index (χ2v) is 6.91. The van der Waals surface area contributed by atoms with Crippen LogP contribution in [0.2, 0.25) is 0 Å². The van der Waals surface area contributed by atoms with Crippen LogP contribution in [0.1, 0.15) is 24.5 Å². The van der Waals surface area contributed by atoms with E-state index in [0.717, 1.165) is 0 Å². The van der Waals surface area contributed by atoms with Crippen LogP contribution in [0.4, 0.5) is 0 Å². The van der Waals surface area contributed by atoms with Crippen LogP contribution in [-0.2, 0) is 19.1 Å². The number of hydrogen-bond acceptors (Lipinski definition) is 9. The smallest absolute Gasteiger partial charge is 0.417 e. The molecular formula is C19H22N4O7. The highest BCUT2D eigenvalue weighted by atomic mass is 16.6. The zero-order chi connectivity index (χ0) is 21.8. The number of carboxylic acids is 1. The number of β-amino-alcohol motifs (C(OH)–C–C–N with tert-alkyl or cyclic N) is 1. The van der Waals surface area contributed by atoms with Gasteiger partial charge < -0.3 is 25.4 Å². The van der Waals surface area contributed by atoms with Gasteiger partial charge in [0.1, 0.15) is 6.10 Å². The number of aliphatic hydroxyl groups is 1. The number of pyridine rings is 2. The lowest BCUT2D eigenvalue weighted by Crippen LogP contribution is -2.53. The summed E-state index contributed by atoms with van der Waals surface area (Å²) in [5.74, 6) is -3.35. The second-order valence-electron chi connectivity index (χ2n) is 6.91. The summed E-state index contributed by atoms with van der Waals surface area (Å²) in [6, 6.07) is 4.21. The van der Waals surface area contributed by atoms with E-state index in [-0.39, 0.29) is 19.5 Å². The van der Waals surface area contributed by atoms with Crippen LogP contribution in [-0.4, -0.2) is 75.3 Å². The fourth-order valence-electron chi connectivity index (χ4n) is 3.54. The summed E-state index contributed by atoms with van der Waals surface area (Å²) >= 11 is 0. The third-order valence-corrected chi connectivity index (χ3v) is 5.01. The number of carboxylic acid groups (broad SMARTS) is 1. The molecule has 1 saturated heterocycles. The van der Waals surface area contributed by atoms with E-state index < -0.39 is 36.1 Å². The number of nitrogens with zero attached hydrogens (tertiary/aromatic N) is 3. The minimum absolute atomic E-state index is 0.0459. The number of aliphatic hydroxyl groups excluding tert-OH is 1. The number of aliphatic carboxylic acids is 1. The number of aromatic nitrogens is 2. The van der Waals surface area contributed by atoms with E-state index in [1.165, 1.54) is 7.11 Å². The largest absolute Gasteiger partial charge is 0.481 e. The molecule has 1 amide bonds. The van der Waals surface area contributed by atoms with E-state index in [1.54, 1.807) is 29.3 Å². The summed E-state index contributed by atoms with van der Waals surface area (Å²) in [6.07, 6.45) is 0.156. The van der Waals surface area contributed by atoms with Crippen molar-refractivity contribution in [1.29, 1.82) is 0 Å². The summed E-state index contributed by atoms with van der Waals surface area (Å²) < 4.78 is 10.0. The monoisotopic (exact) mass is 418 g/mol. The lowest BCUT2D eigenvalue weighted by atomic mass is 9.97. The quantitative estimate of drug-likeness (QED) is 0.416. The second kappa shape index (κ2) is 9.01. The number of carbonyl (C=O) groups is 3. The number of amides is 1. The average molecular weight is 418 g/mol. The number of hydrogen-bond donors (Lipinski definition) is 3. The van der Waals surface area contributed by atoms with E-state index in [2.05, 4.69) is 9.97 Å². The van der Waals surface area contributed by atoms with Gasteiger partial charge in [0, 0.05) is 37.3 Å². The van der Waals surface area contributed by atoms with E-state index in [1.807, 2.05) is 0 Å². The summed E-state index contributed by atoms with van der Waals surface area (Å²) in [4.78, 5) is 44.2. The molecule has 0 bridgehead atoms. The van der Waals surface area contributed by atoms with Gasteiger partial charge in [-0.2, -0.15) is 0 Å². The molecule has 11 nitrogen and oxygen atoms in total. The molecular weight excluding hydrogens is 396 g/mol. The van der Waals surface area contributed by atoms with Gasteiger partial charge in [-0.15, -0.1) is 0 Å². The fraction of sp³-hybridized carbons (Fsp3) is 0.421. The number of carbonyl (C=O) groups excluding carboxylic acids is 2. The van der Waals surface area contributed by atoms with Crippen molar-refractivity contribution in [3.8, 4) is 5.88 Å². The number of piperidine rings is 1. The molecule has 1 aliphatic rings. The molecule has 11 heteroatoms. The Hall–Kier alpha value is -3.31. The Morgan fingerprint density at radius 3 is 2.77 bits per heavy atom. The molecule has 0 spiro atoms. The predicted molar refractivity (Wildman–Crippen MR) is 102 cm³/mol. The van der Waals surface area contributed by atoms with Crippen LogP contribution in [0.5, 0.6) is 5.88 Å². The lowest BCUT2D eigenvalue weighted by Gasteiger charge is -2.38. The number of methoxy groups -OCH3 is 1. The van der Waals surface area contributed by atoms with Gasteiger partial charge in [0.2, 0.25) is 11.8 Å². The Kier molecular flexibility index (Phi) is 6.43. The molecule has 0 aromatic carbocycles. The molecule has 3 heterocycles. The molecule has 2 aromatic rings. The molecule has 3 atom stereocenters. The topological polar surface area (TPSA) is 165 Å². The van der Waals surface area contributed by atoms with Crippen LogP contribution in [0.3, 0.4) is 0 Å². The van der Waals surface area contributed by atoms with Crippen LogP contribution in [0.15, 0.2) is 24.4 Å². The highest BCUT2D eigenvalue weighted by Crippen LogP contribution is 2.27. The number of nitrogens with two attached hydrogens (primary N) is 1. The van der Waals surface area contributed by atoms with E-state index in [4.69, 9.17) is 20.3 Å². The molecule has 1 fully saturated rings. The number of likely N-dealkylation sites (tertiary alicyclic amines) is 1. The van der Waals surface area contributed by atoms with Gasteiger partial charge in [-0.1, -0.05) is 0 Å². The van der Waals surface area contributed by atoms with Crippen molar-refractivity contribution in [2.24, 2.45) is 5.73 Å².